The van der Waals surface area contributed by atoms with E-state index >= 15 is 0 Å². The molecule has 0 radical (unpaired) electrons. The number of rotatable bonds is 1. The van der Waals surface area contributed by atoms with Gasteiger partial charge in [0.05, 0.1) is 0 Å². The molecule has 0 atom stereocenters. The molecule has 0 unspecified atom stereocenters. The predicted molar refractivity (Wildman–Crippen MR) is 86.5 cm³/mol. The number of hydrogen-bond acceptors (Lipinski definition) is 1. The first-order chi connectivity index (χ1) is 10.8. The lowest BCUT2D eigenvalue weighted by atomic mass is 10.1. The number of benzene rings is 3. The normalized spacial score (nSPS) is 10.8. The number of aryl methyl sites for hydroxylation is 2. The largest absolute Gasteiger partial charge is 0.573 e. The van der Waals surface area contributed by atoms with Crippen LogP contribution >= 0.6 is 0 Å². The summed E-state index contributed by atoms with van der Waals surface area (Å²) in [5.41, 5.74) is 2.24. The van der Waals surface area contributed by atoms with E-state index in [2.05, 4.69) is 54.1 Å². The molecule has 0 fully saturated rings. The third kappa shape index (κ3) is 5.33. The van der Waals surface area contributed by atoms with Crippen molar-refractivity contribution < 1.29 is 17.9 Å². The molecule has 0 spiro atoms. The van der Waals surface area contributed by atoms with Crippen LogP contribution in [0.4, 0.5) is 13.2 Å². The molecule has 0 aliphatic rings. The van der Waals surface area contributed by atoms with Crippen molar-refractivity contribution in [2.24, 2.45) is 0 Å². The molecule has 0 heterocycles. The first-order valence-electron chi connectivity index (χ1n) is 7.12. The Morgan fingerprint density at radius 2 is 1.35 bits per heavy atom. The molecular weight excluding hydrogens is 301 g/mol. The highest BCUT2D eigenvalue weighted by Gasteiger charge is 2.30. The summed E-state index contributed by atoms with van der Waals surface area (Å²) in [7, 11) is 0. The third-order valence-corrected chi connectivity index (χ3v) is 3.26. The molecular formula is C19H17F3O. The molecule has 0 amide bonds. The molecule has 4 heteroatoms. The first kappa shape index (κ1) is 16.9. The van der Waals surface area contributed by atoms with Gasteiger partial charge in [-0.15, -0.1) is 13.2 Å². The number of ether oxygens (including phenoxy) is 1. The Morgan fingerprint density at radius 1 is 0.739 bits per heavy atom. The van der Waals surface area contributed by atoms with E-state index in [0.29, 0.717) is 0 Å². The first-order valence-corrected chi connectivity index (χ1v) is 7.12. The summed E-state index contributed by atoms with van der Waals surface area (Å²) in [6.07, 6.45) is -4.60. The van der Waals surface area contributed by atoms with Crippen LogP contribution in [0.2, 0.25) is 0 Å². The van der Waals surface area contributed by atoms with Gasteiger partial charge in [-0.05, 0) is 42.3 Å². The zero-order chi connectivity index (χ0) is 16.9. The minimum atomic E-state index is -4.60. The average molecular weight is 318 g/mol. The maximum Gasteiger partial charge on any atom is 0.573 e. The lowest BCUT2D eigenvalue weighted by molar-refractivity contribution is -0.274. The maximum absolute atomic E-state index is 11.6. The Hall–Kier alpha value is -2.49. The summed E-state index contributed by atoms with van der Waals surface area (Å²) in [6, 6.07) is 20.5. The minimum absolute atomic E-state index is 0.187. The Labute approximate surface area is 133 Å². The topological polar surface area (TPSA) is 9.23 Å². The van der Waals surface area contributed by atoms with E-state index in [-0.39, 0.29) is 5.75 Å². The number of halogens is 3. The van der Waals surface area contributed by atoms with Crippen LogP contribution in [0.3, 0.4) is 0 Å². The number of fused-ring (bicyclic) bond motifs is 1. The minimum Gasteiger partial charge on any atom is -0.406 e. The highest BCUT2D eigenvalue weighted by Crippen LogP contribution is 2.22. The van der Waals surface area contributed by atoms with Crippen LogP contribution in [0.15, 0.2) is 66.7 Å². The molecule has 1 nitrogen and oxygen atoms in total. The summed E-state index contributed by atoms with van der Waals surface area (Å²) < 4.78 is 38.5. The van der Waals surface area contributed by atoms with Crippen molar-refractivity contribution in [1.29, 1.82) is 0 Å². The van der Waals surface area contributed by atoms with Gasteiger partial charge in [0.2, 0.25) is 0 Å². The fourth-order valence-electron chi connectivity index (χ4n) is 2.13. The van der Waals surface area contributed by atoms with Gasteiger partial charge >= 0.3 is 6.36 Å². The quantitative estimate of drug-likeness (QED) is 0.531. The van der Waals surface area contributed by atoms with Crippen molar-refractivity contribution in [3.8, 4) is 5.75 Å². The van der Waals surface area contributed by atoms with E-state index in [4.69, 9.17) is 0 Å². The molecule has 0 bridgehead atoms. The van der Waals surface area contributed by atoms with Gasteiger partial charge in [0, 0.05) is 0 Å². The van der Waals surface area contributed by atoms with Gasteiger partial charge in [-0.3, -0.25) is 0 Å². The molecule has 23 heavy (non-hydrogen) atoms. The fraction of sp³-hybridized carbons (Fsp3) is 0.158. The number of alkyl halides is 3. The predicted octanol–water partition coefficient (Wildman–Crippen LogP) is 6.04. The Bertz CT molecular complexity index is 756. The van der Waals surface area contributed by atoms with E-state index in [9.17, 15) is 13.2 Å². The second-order valence-corrected chi connectivity index (χ2v) is 5.16. The average Bonchev–Trinajstić information content (AvgIpc) is 2.50. The third-order valence-electron chi connectivity index (χ3n) is 3.26. The summed E-state index contributed by atoms with van der Waals surface area (Å²) in [5, 5.41) is 2.68. The molecule has 0 saturated heterocycles. The van der Waals surface area contributed by atoms with E-state index < -0.39 is 6.36 Å². The second-order valence-electron chi connectivity index (χ2n) is 5.16. The summed E-state index contributed by atoms with van der Waals surface area (Å²) in [6.45, 7) is 3.93. The molecule has 3 aromatic carbocycles. The van der Waals surface area contributed by atoms with Crippen molar-refractivity contribution in [3.63, 3.8) is 0 Å². The molecule has 120 valence electrons. The van der Waals surface area contributed by atoms with Gasteiger partial charge in [-0.25, -0.2) is 0 Å². The van der Waals surface area contributed by atoms with Crippen molar-refractivity contribution in [2.75, 3.05) is 0 Å². The zero-order valence-corrected chi connectivity index (χ0v) is 12.9. The Kier molecular flexibility index (Phi) is 5.27. The van der Waals surface area contributed by atoms with Crippen LogP contribution in [0.1, 0.15) is 11.1 Å². The highest BCUT2D eigenvalue weighted by atomic mass is 19.4. The summed E-state index contributed by atoms with van der Waals surface area (Å²) >= 11 is 0. The van der Waals surface area contributed by atoms with Crippen LogP contribution < -0.4 is 4.74 Å². The van der Waals surface area contributed by atoms with E-state index in [0.717, 1.165) is 5.56 Å². The lowest BCUT2D eigenvalue weighted by Crippen LogP contribution is -2.16. The molecule has 0 N–H and O–H groups in total. The molecule has 0 aliphatic heterocycles. The van der Waals surface area contributed by atoms with Crippen molar-refractivity contribution in [2.45, 2.75) is 20.2 Å². The van der Waals surface area contributed by atoms with E-state index in [1.54, 1.807) is 19.1 Å². The molecule has 0 saturated carbocycles. The summed E-state index contributed by atoms with van der Waals surface area (Å²) in [5.74, 6) is -0.187. The zero-order valence-electron chi connectivity index (χ0n) is 12.9. The molecule has 0 aliphatic carbocycles. The second kappa shape index (κ2) is 7.18. The van der Waals surface area contributed by atoms with Crippen LogP contribution in [-0.4, -0.2) is 6.36 Å². The molecule has 0 aromatic heterocycles. The van der Waals surface area contributed by atoms with Crippen LogP contribution in [0.25, 0.3) is 10.8 Å². The van der Waals surface area contributed by atoms with Gasteiger partial charge in [-0.1, -0.05) is 60.2 Å². The van der Waals surface area contributed by atoms with Crippen molar-refractivity contribution in [3.05, 3.63) is 77.9 Å². The van der Waals surface area contributed by atoms with Gasteiger partial charge in [0.1, 0.15) is 5.75 Å². The number of hydrogen-bond donors (Lipinski definition) is 0. The summed E-state index contributed by atoms with van der Waals surface area (Å²) in [4.78, 5) is 0. The standard InChI is InChI=1S/C11H10.C8H7F3O/c1-9-5-4-7-10-6-2-3-8-11(9)10;1-6-2-4-7(5-3-6)12-8(9,10)11/h2-8H,1H3;2-5H,1H3. The SMILES string of the molecule is Cc1ccc(OC(F)(F)F)cc1.Cc1cccc2ccccc12. The van der Waals surface area contributed by atoms with Gasteiger partial charge in [0.25, 0.3) is 0 Å². The van der Waals surface area contributed by atoms with E-state index in [1.165, 1.54) is 28.5 Å². The van der Waals surface area contributed by atoms with Crippen molar-refractivity contribution >= 4 is 10.8 Å². The maximum atomic E-state index is 11.6. The van der Waals surface area contributed by atoms with Gasteiger partial charge < -0.3 is 4.74 Å². The fourth-order valence-corrected chi connectivity index (χ4v) is 2.13. The van der Waals surface area contributed by atoms with Crippen LogP contribution in [0.5, 0.6) is 5.75 Å². The van der Waals surface area contributed by atoms with Gasteiger partial charge in [-0.2, -0.15) is 0 Å². The molecule has 3 rings (SSSR count). The van der Waals surface area contributed by atoms with Gasteiger partial charge in [0.15, 0.2) is 0 Å². The highest BCUT2D eigenvalue weighted by molar-refractivity contribution is 5.85. The molecule has 3 aromatic rings. The monoisotopic (exact) mass is 318 g/mol. The Morgan fingerprint density at radius 3 is 1.96 bits per heavy atom. The van der Waals surface area contributed by atoms with E-state index in [1.807, 2.05) is 0 Å². The lowest BCUT2D eigenvalue weighted by Gasteiger charge is -2.08. The smallest absolute Gasteiger partial charge is 0.406 e. The van der Waals surface area contributed by atoms with Crippen LogP contribution in [-0.2, 0) is 0 Å². The Balaban J connectivity index is 0.000000167. The van der Waals surface area contributed by atoms with Crippen molar-refractivity contribution in [1.82, 2.24) is 0 Å². The van der Waals surface area contributed by atoms with Crippen LogP contribution in [0, 0.1) is 13.8 Å².